The Morgan fingerprint density at radius 3 is 2.42 bits per heavy atom. The smallest absolute Gasteiger partial charge is 0.251 e. The molecule has 26 heavy (non-hydrogen) atoms. The second-order valence-corrected chi connectivity index (χ2v) is 8.17. The van der Waals surface area contributed by atoms with Crippen LogP contribution in [0.2, 0.25) is 0 Å². The van der Waals surface area contributed by atoms with E-state index in [4.69, 9.17) is 0 Å². The number of nitrogens with zero attached hydrogens (tertiary/aromatic N) is 1. The fourth-order valence-electron chi connectivity index (χ4n) is 3.01. The van der Waals surface area contributed by atoms with E-state index < -0.39 is 10.0 Å². The molecule has 0 spiro atoms. The van der Waals surface area contributed by atoms with Crippen molar-refractivity contribution in [2.75, 3.05) is 25.0 Å². The Labute approximate surface area is 154 Å². The Morgan fingerprint density at radius 2 is 1.77 bits per heavy atom. The average Bonchev–Trinajstić information content (AvgIpc) is 3.21. The number of hydrogen-bond donors (Lipinski definition) is 2. The first kappa shape index (κ1) is 18.4. The van der Waals surface area contributed by atoms with E-state index in [1.807, 2.05) is 12.1 Å². The van der Waals surface area contributed by atoms with Crippen molar-refractivity contribution in [2.45, 2.75) is 24.3 Å². The van der Waals surface area contributed by atoms with Crippen LogP contribution in [0.3, 0.4) is 0 Å². The van der Waals surface area contributed by atoms with Crippen molar-refractivity contribution in [3.63, 3.8) is 0 Å². The van der Waals surface area contributed by atoms with Gasteiger partial charge in [-0.2, -0.15) is 0 Å². The molecule has 1 aliphatic rings. The molecule has 0 atom stereocenters. The van der Waals surface area contributed by atoms with Gasteiger partial charge in [0.25, 0.3) is 5.91 Å². The van der Waals surface area contributed by atoms with Crippen LogP contribution in [0.5, 0.6) is 0 Å². The Balaban J connectivity index is 1.63. The summed E-state index contributed by atoms with van der Waals surface area (Å²) in [7, 11) is -2.23. The Bertz CT molecular complexity index is 873. The van der Waals surface area contributed by atoms with Crippen LogP contribution in [-0.2, 0) is 16.6 Å². The predicted octanol–water partition coefficient (Wildman–Crippen LogP) is 2.12. The number of benzene rings is 2. The van der Waals surface area contributed by atoms with Gasteiger partial charge in [-0.3, -0.25) is 4.79 Å². The molecule has 0 aliphatic carbocycles. The number of amides is 1. The molecular formula is C19H23N3O3S. The number of carbonyl (C=O) groups excluding carboxylic acids is 1. The Morgan fingerprint density at radius 1 is 1.08 bits per heavy atom. The molecule has 0 aromatic heterocycles. The molecule has 2 aromatic carbocycles. The van der Waals surface area contributed by atoms with E-state index in [2.05, 4.69) is 27.1 Å². The van der Waals surface area contributed by atoms with Gasteiger partial charge in [-0.15, -0.1) is 0 Å². The topological polar surface area (TPSA) is 78.5 Å². The van der Waals surface area contributed by atoms with Gasteiger partial charge >= 0.3 is 0 Å². The highest BCUT2D eigenvalue weighted by Crippen LogP contribution is 2.20. The molecule has 3 rings (SSSR count). The van der Waals surface area contributed by atoms with Crippen molar-refractivity contribution in [1.82, 2.24) is 10.0 Å². The highest BCUT2D eigenvalue weighted by Gasteiger charge is 2.14. The van der Waals surface area contributed by atoms with Crippen molar-refractivity contribution < 1.29 is 13.2 Å². The number of nitrogens with one attached hydrogen (secondary N) is 2. The average molecular weight is 373 g/mol. The van der Waals surface area contributed by atoms with E-state index in [0.29, 0.717) is 12.1 Å². The standard InChI is InChI=1S/C19H23N3O3S/c1-20-26(24,25)18-6-4-5-16(13-18)19(23)21-14-15-7-9-17(10-8-15)22-11-2-3-12-22/h4-10,13,20H,2-3,11-12,14H2,1H3,(H,21,23). The van der Waals surface area contributed by atoms with Crippen LogP contribution in [0.1, 0.15) is 28.8 Å². The molecular weight excluding hydrogens is 350 g/mol. The highest BCUT2D eigenvalue weighted by molar-refractivity contribution is 7.89. The number of rotatable bonds is 6. The first-order valence-corrected chi connectivity index (χ1v) is 10.1. The molecule has 138 valence electrons. The fraction of sp³-hybridized carbons (Fsp3) is 0.316. The minimum Gasteiger partial charge on any atom is -0.372 e. The van der Waals surface area contributed by atoms with Gasteiger partial charge < -0.3 is 10.2 Å². The predicted molar refractivity (Wildman–Crippen MR) is 102 cm³/mol. The summed E-state index contributed by atoms with van der Waals surface area (Å²) in [6, 6.07) is 14.2. The van der Waals surface area contributed by atoms with Crippen molar-refractivity contribution in [3.8, 4) is 0 Å². The third kappa shape index (κ3) is 4.23. The summed E-state index contributed by atoms with van der Waals surface area (Å²) in [5.74, 6) is -0.304. The molecule has 1 aliphatic heterocycles. The molecule has 2 aromatic rings. The van der Waals surface area contributed by atoms with Gasteiger partial charge in [-0.25, -0.2) is 13.1 Å². The first-order valence-electron chi connectivity index (χ1n) is 8.65. The van der Waals surface area contributed by atoms with Crippen molar-refractivity contribution in [3.05, 3.63) is 59.7 Å². The van der Waals surface area contributed by atoms with Gasteiger partial charge in [-0.05, 0) is 55.8 Å². The van der Waals surface area contributed by atoms with Gasteiger partial charge in [0.1, 0.15) is 0 Å². The molecule has 1 fully saturated rings. The van der Waals surface area contributed by atoms with E-state index in [-0.39, 0.29) is 10.8 Å². The molecule has 0 radical (unpaired) electrons. The van der Waals surface area contributed by atoms with Gasteiger partial charge in [0.15, 0.2) is 0 Å². The summed E-state index contributed by atoms with van der Waals surface area (Å²) in [6.07, 6.45) is 2.47. The highest BCUT2D eigenvalue weighted by atomic mass is 32.2. The second kappa shape index (κ2) is 7.88. The van der Waals surface area contributed by atoms with Gasteiger partial charge in [-0.1, -0.05) is 18.2 Å². The van der Waals surface area contributed by atoms with Crippen molar-refractivity contribution in [2.24, 2.45) is 0 Å². The minimum atomic E-state index is -3.57. The minimum absolute atomic E-state index is 0.0719. The summed E-state index contributed by atoms with van der Waals surface area (Å²) in [6.45, 7) is 2.59. The maximum Gasteiger partial charge on any atom is 0.251 e. The van der Waals surface area contributed by atoms with Gasteiger partial charge in [0, 0.05) is 30.9 Å². The first-order chi connectivity index (χ1) is 12.5. The maximum atomic E-state index is 12.3. The maximum absolute atomic E-state index is 12.3. The van der Waals surface area contributed by atoms with Crippen molar-refractivity contribution >= 4 is 21.6 Å². The van der Waals surface area contributed by atoms with Crippen LogP contribution >= 0.6 is 0 Å². The molecule has 1 saturated heterocycles. The lowest BCUT2D eigenvalue weighted by atomic mass is 10.1. The summed E-state index contributed by atoms with van der Waals surface area (Å²) >= 11 is 0. The molecule has 1 heterocycles. The lowest BCUT2D eigenvalue weighted by Gasteiger charge is -2.17. The van der Waals surface area contributed by atoms with E-state index >= 15 is 0 Å². The van der Waals surface area contributed by atoms with Crippen molar-refractivity contribution in [1.29, 1.82) is 0 Å². The monoisotopic (exact) mass is 373 g/mol. The molecule has 7 heteroatoms. The number of hydrogen-bond acceptors (Lipinski definition) is 4. The zero-order chi connectivity index (χ0) is 18.6. The van der Waals surface area contributed by atoms with Crippen LogP contribution in [0.4, 0.5) is 5.69 Å². The lowest BCUT2D eigenvalue weighted by Crippen LogP contribution is -2.24. The second-order valence-electron chi connectivity index (χ2n) is 6.28. The quantitative estimate of drug-likeness (QED) is 0.813. The number of anilines is 1. The normalized spacial score (nSPS) is 14.4. The van der Waals surface area contributed by atoms with Crippen LogP contribution in [0, 0.1) is 0 Å². The molecule has 6 nitrogen and oxygen atoms in total. The lowest BCUT2D eigenvalue weighted by molar-refractivity contribution is 0.0950. The van der Waals surface area contributed by atoms with E-state index in [0.717, 1.165) is 18.7 Å². The SMILES string of the molecule is CNS(=O)(=O)c1cccc(C(=O)NCc2ccc(N3CCCC3)cc2)c1. The van der Waals surface area contributed by atoms with E-state index in [1.54, 1.807) is 12.1 Å². The Hall–Kier alpha value is -2.38. The third-order valence-corrected chi connectivity index (χ3v) is 5.95. The van der Waals surface area contributed by atoms with E-state index in [1.165, 1.54) is 37.7 Å². The fourth-order valence-corrected chi connectivity index (χ4v) is 3.78. The third-order valence-electron chi connectivity index (χ3n) is 4.54. The molecule has 0 saturated carbocycles. The Kier molecular flexibility index (Phi) is 5.58. The number of carbonyl (C=O) groups is 1. The zero-order valence-electron chi connectivity index (χ0n) is 14.7. The number of sulfonamides is 1. The van der Waals surface area contributed by atoms with Crippen LogP contribution in [0.25, 0.3) is 0 Å². The van der Waals surface area contributed by atoms with Gasteiger partial charge in [0.05, 0.1) is 4.90 Å². The molecule has 0 bridgehead atoms. The summed E-state index contributed by atoms with van der Waals surface area (Å²) in [5.41, 5.74) is 2.53. The summed E-state index contributed by atoms with van der Waals surface area (Å²) < 4.78 is 25.9. The zero-order valence-corrected chi connectivity index (χ0v) is 15.6. The van der Waals surface area contributed by atoms with Gasteiger partial charge in [0.2, 0.25) is 10.0 Å². The largest absolute Gasteiger partial charge is 0.372 e. The van der Waals surface area contributed by atoms with E-state index in [9.17, 15) is 13.2 Å². The van der Waals surface area contributed by atoms with Crippen LogP contribution in [-0.4, -0.2) is 34.5 Å². The molecule has 0 unspecified atom stereocenters. The van der Waals surface area contributed by atoms with Crippen LogP contribution in [0.15, 0.2) is 53.4 Å². The molecule has 2 N–H and O–H groups in total. The summed E-state index contributed by atoms with van der Waals surface area (Å²) in [4.78, 5) is 14.8. The molecule has 1 amide bonds. The van der Waals surface area contributed by atoms with Crippen LogP contribution < -0.4 is 14.9 Å². The summed E-state index contributed by atoms with van der Waals surface area (Å²) in [5, 5.41) is 2.83.